The molecule has 0 bridgehead atoms. The van der Waals surface area contributed by atoms with Crippen LogP contribution in [0.25, 0.3) is 0 Å². The Morgan fingerprint density at radius 2 is 1.93 bits per heavy atom. The van der Waals surface area contributed by atoms with Gasteiger partial charge in [-0.1, -0.05) is 42.8 Å². The number of nitrogens with one attached hydrogen (secondary N) is 1. The van der Waals surface area contributed by atoms with E-state index in [1.165, 1.54) is 0 Å². The van der Waals surface area contributed by atoms with Crippen molar-refractivity contribution in [3.05, 3.63) is 63.1 Å². The molecule has 2 rings (SSSR count). The van der Waals surface area contributed by atoms with E-state index in [0.29, 0.717) is 34.8 Å². The van der Waals surface area contributed by atoms with Gasteiger partial charge in [0.1, 0.15) is 11.8 Å². The van der Waals surface area contributed by atoms with Crippen LogP contribution in [-0.4, -0.2) is 35.9 Å². The second-order valence-corrected chi connectivity index (χ2v) is 7.92. The Labute approximate surface area is 185 Å². The molecule has 2 amide bonds. The summed E-state index contributed by atoms with van der Waals surface area (Å²) in [5.41, 5.74) is 2.06. The van der Waals surface area contributed by atoms with Gasteiger partial charge in [0.05, 0.1) is 4.47 Å². The smallest absolute Gasteiger partial charge is 0.261 e. The Kier molecular flexibility index (Phi) is 8.99. The Morgan fingerprint density at radius 1 is 1.21 bits per heavy atom. The standard InChI is InChI=1S/C22H26BrClN2O3/c1-4-19(22(28)25-5-2)26(13-16-9-7-6-8-15(16)3)21(27)14-29-20-11-10-17(24)12-18(20)23/h6-12,19H,4-5,13-14H2,1-3H3,(H,25,28). The first-order valence-corrected chi connectivity index (χ1v) is 10.7. The molecular weight excluding hydrogens is 456 g/mol. The van der Waals surface area contributed by atoms with Gasteiger partial charge >= 0.3 is 0 Å². The van der Waals surface area contributed by atoms with E-state index in [1.807, 2.05) is 45.0 Å². The summed E-state index contributed by atoms with van der Waals surface area (Å²) in [6.45, 7) is 6.42. The zero-order chi connectivity index (χ0) is 21.4. The lowest BCUT2D eigenvalue weighted by atomic mass is 10.1. The number of carbonyl (C=O) groups excluding carboxylic acids is 2. The second-order valence-electron chi connectivity index (χ2n) is 6.63. The molecule has 0 aromatic heterocycles. The average molecular weight is 482 g/mol. The molecule has 0 saturated carbocycles. The van der Waals surface area contributed by atoms with Gasteiger partial charge in [0.2, 0.25) is 5.91 Å². The molecule has 5 nitrogen and oxygen atoms in total. The van der Waals surface area contributed by atoms with E-state index in [0.717, 1.165) is 11.1 Å². The van der Waals surface area contributed by atoms with Gasteiger partial charge in [0.15, 0.2) is 6.61 Å². The Morgan fingerprint density at radius 3 is 2.55 bits per heavy atom. The summed E-state index contributed by atoms with van der Waals surface area (Å²) < 4.78 is 6.37. The molecule has 7 heteroatoms. The molecule has 0 saturated heterocycles. The number of hydrogen-bond acceptors (Lipinski definition) is 3. The van der Waals surface area contributed by atoms with E-state index < -0.39 is 6.04 Å². The molecule has 2 aromatic carbocycles. The largest absolute Gasteiger partial charge is 0.483 e. The molecule has 0 spiro atoms. The highest BCUT2D eigenvalue weighted by molar-refractivity contribution is 9.10. The van der Waals surface area contributed by atoms with Crippen LogP contribution < -0.4 is 10.1 Å². The van der Waals surface area contributed by atoms with Crippen molar-refractivity contribution < 1.29 is 14.3 Å². The first-order chi connectivity index (χ1) is 13.9. The van der Waals surface area contributed by atoms with Crippen LogP contribution in [-0.2, 0) is 16.1 Å². The van der Waals surface area contributed by atoms with Crippen LogP contribution in [0.4, 0.5) is 0 Å². The molecule has 0 fully saturated rings. The summed E-state index contributed by atoms with van der Waals surface area (Å²) in [7, 11) is 0. The number of aryl methyl sites for hydroxylation is 1. The van der Waals surface area contributed by atoms with E-state index >= 15 is 0 Å². The van der Waals surface area contributed by atoms with E-state index in [4.69, 9.17) is 16.3 Å². The maximum absolute atomic E-state index is 13.1. The van der Waals surface area contributed by atoms with Crippen LogP contribution in [0.1, 0.15) is 31.4 Å². The van der Waals surface area contributed by atoms with Crippen LogP contribution in [0.3, 0.4) is 0 Å². The topological polar surface area (TPSA) is 58.6 Å². The number of ether oxygens (including phenoxy) is 1. The number of amides is 2. The van der Waals surface area contributed by atoms with Crippen LogP contribution in [0.15, 0.2) is 46.9 Å². The minimum Gasteiger partial charge on any atom is -0.483 e. The van der Waals surface area contributed by atoms with Crippen molar-refractivity contribution in [2.45, 2.75) is 39.8 Å². The summed E-state index contributed by atoms with van der Waals surface area (Å²) in [6, 6.07) is 12.4. The molecule has 156 valence electrons. The highest BCUT2D eigenvalue weighted by Gasteiger charge is 2.29. The van der Waals surface area contributed by atoms with Gasteiger partial charge in [-0.2, -0.15) is 0 Å². The van der Waals surface area contributed by atoms with Crippen molar-refractivity contribution in [1.82, 2.24) is 10.2 Å². The second kappa shape index (κ2) is 11.2. The normalized spacial score (nSPS) is 11.6. The van der Waals surface area contributed by atoms with Crippen LogP contribution in [0.5, 0.6) is 5.75 Å². The first kappa shape index (κ1) is 23.2. The lowest BCUT2D eigenvalue weighted by molar-refractivity contribution is -0.142. The number of nitrogens with zero attached hydrogens (tertiary/aromatic N) is 1. The third-order valence-corrected chi connectivity index (χ3v) is 5.44. The molecule has 0 heterocycles. The van der Waals surface area contributed by atoms with Gasteiger partial charge < -0.3 is 15.0 Å². The third kappa shape index (κ3) is 6.47. The lowest BCUT2D eigenvalue weighted by Gasteiger charge is -2.31. The number of halogens is 2. The maximum Gasteiger partial charge on any atom is 0.261 e. The number of rotatable bonds is 9. The molecule has 1 atom stereocenters. The number of carbonyl (C=O) groups is 2. The van der Waals surface area contributed by atoms with Crippen molar-refractivity contribution in [3.63, 3.8) is 0 Å². The van der Waals surface area contributed by atoms with E-state index in [2.05, 4.69) is 21.2 Å². The summed E-state index contributed by atoms with van der Waals surface area (Å²) in [4.78, 5) is 27.3. The molecule has 0 radical (unpaired) electrons. The Balaban J connectivity index is 2.23. The average Bonchev–Trinajstić information content (AvgIpc) is 2.68. The van der Waals surface area contributed by atoms with E-state index in [-0.39, 0.29) is 18.4 Å². The van der Waals surface area contributed by atoms with Crippen LogP contribution in [0, 0.1) is 6.92 Å². The van der Waals surface area contributed by atoms with Crippen molar-refractivity contribution in [3.8, 4) is 5.75 Å². The molecular formula is C22H26BrClN2O3. The summed E-state index contributed by atoms with van der Waals surface area (Å²) in [5.74, 6) is 0.0995. The minimum absolute atomic E-state index is 0.162. The number of benzene rings is 2. The molecule has 1 N–H and O–H groups in total. The summed E-state index contributed by atoms with van der Waals surface area (Å²) in [6.07, 6.45) is 0.508. The fourth-order valence-electron chi connectivity index (χ4n) is 3.00. The lowest BCUT2D eigenvalue weighted by Crippen LogP contribution is -2.50. The molecule has 29 heavy (non-hydrogen) atoms. The zero-order valence-corrected chi connectivity index (χ0v) is 19.2. The Bertz CT molecular complexity index is 860. The monoisotopic (exact) mass is 480 g/mol. The Hall–Kier alpha value is -2.05. The van der Waals surface area contributed by atoms with E-state index in [1.54, 1.807) is 23.1 Å². The van der Waals surface area contributed by atoms with Gasteiger partial charge in [-0.15, -0.1) is 0 Å². The fraction of sp³-hybridized carbons (Fsp3) is 0.364. The third-order valence-electron chi connectivity index (χ3n) is 4.58. The zero-order valence-electron chi connectivity index (χ0n) is 16.9. The van der Waals surface area contributed by atoms with Gasteiger partial charge in [0, 0.05) is 18.1 Å². The minimum atomic E-state index is -0.570. The van der Waals surface area contributed by atoms with Crippen LogP contribution in [0.2, 0.25) is 5.02 Å². The summed E-state index contributed by atoms with van der Waals surface area (Å²) >= 11 is 9.34. The van der Waals surface area contributed by atoms with Crippen LogP contribution >= 0.6 is 27.5 Å². The molecule has 2 aromatic rings. The van der Waals surface area contributed by atoms with E-state index in [9.17, 15) is 9.59 Å². The number of likely N-dealkylation sites (N-methyl/N-ethyl adjacent to an activating group) is 1. The fourth-order valence-corrected chi connectivity index (χ4v) is 3.79. The highest BCUT2D eigenvalue weighted by atomic mass is 79.9. The van der Waals surface area contributed by atoms with Crippen molar-refractivity contribution in [2.24, 2.45) is 0 Å². The number of hydrogen-bond donors (Lipinski definition) is 1. The summed E-state index contributed by atoms with van der Waals surface area (Å²) in [5, 5.41) is 3.39. The molecule has 0 aliphatic heterocycles. The molecule has 1 unspecified atom stereocenters. The SMILES string of the molecule is CCNC(=O)C(CC)N(Cc1ccccc1C)C(=O)COc1ccc(Cl)cc1Br. The maximum atomic E-state index is 13.1. The van der Waals surface area contributed by atoms with Gasteiger partial charge in [-0.25, -0.2) is 0 Å². The molecule has 0 aliphatic carbocycles. The van der Waals surface area contributed by atoms with Gasteiger partial charge in [-0.05, 0) is 65.5 Å². The predicted octanol–water partition coefficient (Wildman–Crippen LogP) is 4.73. The van der Waals surface area contributed by atoms with Crippen molar-refractivity contribution >= 4 is 39.3 Å². The first-order valence-electron chi connectivity index (χ1n) is 9.56. The highest BCUT2D eigenvalue weighted by Crippen LogP contribution is 2.28. The quantitative estimate of drug-likeness (QED) is 0.563. The van der Waals surface area contributed by atoms with Gasteiger partial charge in [0.25, 0.3) is 5.91 Å². The van der Waals surface area contributed by atoms with Crippen molar-refractivity contribution in [2.75, 3.05) is 13.2 Å². The van der Waals surface area contributed by atoms with Crippen molar-refractivity contribution in [1.29, 1.82) is 0 Å². The molecule has 0 aliphatic rings. The predicted molar refractivity (Wildman–Crippen MR) is 119 cm³/mol. The van der Waals surface area contributed by atoms with Gasteiger partial charge in [-0.3, -0.25) is 9.59 Å².